The summed E-state index contributed by atoms with van der Waals surface area (Å²) in [5, 5.41) is 7.65. The maximum Gasteiger partial charge on any atom is 0.408 e. The van der Waals surface area contributed by atoms with Gasteiger partial charge in [0.05, 0.1) is 0 Å². The Morgan fingerprint density at radius 1 is 0.763 bits per heavy atom. The fourth-order valence-electron chi connectivity index (χ4n) is 3.23. The standard InChI is InChI=1S/C28H37N3O7/c1-28(2,3)38-27(35)30-18-24(32)31-23(25(33)36-19-21-12-6-4-7-13-21)16-10-11-17-29-26(34)37-20-22-14-8-5-9-15-22/h4-9,12-15,23H,10-11,16-20H2,1-3H3,(H,29,34)(H,30,35)(H,31,32)/t23-/m1/s1. The zero-order valence-corrected chi connectivity index (χ0v) is 22.2. The van der Waals surface area contributed by atoms with Gasteiger partial charge in [-0.05, 0) is 51.2 Å². The van der Waals surface area contributed by atoms with E-state index in [0.717, 1.165) is 11.1 Å². The number of amides is 3. The molecule has 0 aliphatic carbocycles. The van der Waals surface area contributed by atoms with Crippen molar-refractivity contribution < 1.29 is 33.4 Å². The van der Waals surface area contributed by atoms with Crippen molar-refractivity contribution in [3.8, 4) is 0 Å². The second-order valence-corrected chi connectivity index (χ2v) is 9.55. The Morgan fingerprint density at radius 3 is 1.92 bits per heavy atom. The molecule has 0 bridgehead atoms. The Hall–Kier alpha value is -4.08. The van der Waals surface area contributed by atoms with Gasteiger partial charge in [-0.15, -0.1) is 0 Å². The van der Waals surface area contributed by atoms with Crippen molar-refractivity contribution in [2.45, 2.75) is 64.9 Å². The smallest absolute Gasteiger partial charge is 0.408 e. The van der Waals surface area contributed by atoms with Crippen LogP contribution in [-0.4, -0.2) is 48.8 Å². The molecule has 0 fully saturated rings. The number of hydrogen-bond donors (Lipinski definition) is 3. The normalized spacial score (nSPS) is 11.6. The zero-order valence-electron chi connectivity index (χ0n) is 22.2. The van der Waals surface area contributed by atoms with E-state index in [1.807, 2.05) is 60.7 Å². The van der Waals surface area contributed by atoms with E-state index in [1.54, 1.807) is 20.8 Å². The first kappa shape index (κ1) is 30.1. The van der Waals surface area contributed by atoms with Crippen LogP contribution in [0.5, 0.6) is 0 Å². The molecule has 38 heavy (non-hydrogen) atoms. The highest BCUT2D eigenvalue weighted by Gasteiger charge is 2.23. The third kappa shape index (κ3) is 13.3. The molecular formula is C28H37N3O7. The summed E-state index contributed by atoms with van der Waals surface area (Å²) in [6, 6.07) is 17.6. The van der Waals surface area contributed by atoms with Crippen molar-refractivity contribution >= 4 is 24.1 Å². The first-order valence-corrected chi connectivity index (χ1v) is 12.5. The van der Waals surface area contributed by atoms with Gasteiger partial charge in [-0.2, -0.15) is 0 Å². The van der Waals surface area contributed by atoms with Gasteiger partial charge in [0, 0.05) is 6.54 Å². The van der Waals surface area contributed by atoms with Crippen molar-refractivity contribution in [1.82, 2.24) is 16.0 Å². The number of hydrogen-bond acceptors (Lipinski definition) is 7. The summed E-state index contributed by atoms with van der Waals surface area (Å²) in [5.74, 6) is -1.14. The lowest BCUT2D eigenvalue weighted by Crippen LogP contribution is -2.46. The van der Waals surface area contributed by atoms with Gasteiger partial charge in [0.2, 0.25) is 5.91 Å². The molecule has 3 N–H and O–H groups in total. The summed E-state index contributed by atoms with van der Waals surface area (Å²) in [5.41, 5.74) is 0.999. The Bertz CT molecular complexity index is 1020. The van der Waals surface area contributed by atoms with E-state index in [2.05, 4.69) is 16.0 Å². The molecule has 0 heterocycles. The lowest BCUT2D eigenvalue weighted by molar-refractivity contribution is -0.149. The number of alkyl carbamates (subject to hydrolysis) is 2. The van der Waals surface area contributed by atoms with Gasteiger partial charge in [0.15, 0.2) is 0 Å². The minimum atomic E-state index is -0.920. The third-order valence-corrected chi connectivity index (χ3v) is 5.04. The molecule has 206 valence electrons. The first-order valence-electron chi connectivity index (χ1n) is 12.5. The van der Waals surface area contributed by atoms with Crippen molar-refractivity contribution in [2.24, 2.45) is 0 Å². The SMILES string of the molecule is CC(C)(C)OC(=O)NCC(=O)N[C@H](CCCCNC(=O)OCc1ccccc1)C(=O)OCc1ccccc1. The molecular weight excluding hydrogens is 490 g/mol. The second-order valence-electron chi connectivity index (χ2n) is 9.55. The number of nitrogens with one attached hydrogen (secondary N) is 3. The second kappa shape index (κ2) is 15.9. The van der Waals surface area contributed by atoms with Crippen LogP contribution in [0.15, 0.2) is 60.7 Å². The minimum absolute atomic E-state index is 0.0665. The van der Waals surface area contributed by atoms with E-state index in [1.165, 1.54) is 0 Å². The number of ether oxygens (including phenoxy) is 3. The molecule has 0 saturated heterocycles. The predicted molar refractivity (Wildman–Crippen MR) is 141 cm³/mol. The molecule has 0 aliphatic heterocycles. The van der Waals surface area contributed by atoms with Gasteiger partial charge in [-0.3, -0.25) is 4.79 Å². The van der Waals surface area contributed by atoms with Crippen LogP contribution in [0.25, 0.3) is 0 Å². The highest BCUT2D eigenvalue weighted by molar-refractivity contribution is 5.87. The maximum atomic E-state index is 12.7. The van der Waals surface area contributed by atoms with Crippen molar-refractivity contribution in [3.63, 3.8) is 0 Å². The highest BCUT2D eigenvalue weighted by Crippen LogP contribution is 2.08. The summed E-state index contributed by atoms with van der Waals surface area (Å²) in [6.45, 7) is 5.36. The number of esters is 1. The minimum Gasteiger partial charge on any atom is -0.459 e. The van der Waals surface area contributed by atoms with E-state index in [4.69, 9.17) is 14.2 Å². The molecule has 0 aliphatic rings. The van der Waals surface area contributed by atoms with Crippen LogP contribution in [0.2, 0.25) is 0 Å². The molecule has 10 heteroatoms. The Labute approximate surface area is 223 Å². The monoisotopic (exact) mass is 527 g/mol. The molecule has 2 aromatic rings. The fraction of sp³-hybridized carbons (Fsp3) is 0.429. The van der Waals surface area contributed by atoms with Gasteiger partial charge in [0.1, 0.15) is 31.4 Å². The topological polar surface area (TPSA) is 132 Å². The Morgan fingerprint density at radius 2 is 1.34 bits per heavy atom. The molecule has 2 rings (SSSR count). The van der Waals surface area contributed by atoms with Crippen LogP contribution in [0.1, 0.15) is 51.2 Å². The van der Waals surface area contributed by atoms with Crippen LogP contribution in [0.3, 0.4) is 0 Å². The Kier molecular flexibility index (Phi) is 12.6. The lowest BCUT2D eigenvalue weighted by Gasteiger charge is -2.20. The predicted octanol–water partition coefficient (Wildman–Crippen LogP) is 3.84. The van der Waals surface area contributed by atoms with Crippen molar-refractivity contribution in [3.05, 3.63) is 71.8 Å². The van der Waals surface area contributed by atoms with Crippen LogP contribution < -0.4 is 16.0 Å². The average Bonchev–Trinajstić information content (AvgIpc) is 2.88. The summed E-state index contributed by atoms with van der Waals surface area (Å²) in [7, 11) is 0. The van der Waals surface area contributed by atoms with Gasteiger partial charge < -0.3 is 30.2 Å². The molecule has 10 nitrogen and oxygen atoms in total. The van der Waals surface area contributed by atoms with E-state index in [-0.39, 0.29) is 26.2 Å². The molecule has 0 aromatic heterocycles. The zero-order chi connectivity index (χ0) is 27.8. The van der Waals surface area contributed by atoms with Gasteiger partial charge >= 0.3 is 18.2 Å². The van der Waals surface area contributed by atoms with Gasteiger partial charge in [-0.1, -0.05) is 60.7 Å². The average molecular weight is 528 g/mol. The van der Waals surface area contributed by atoms with Crippen LogP contribution >= 0.6 is 0 Å². The third-order valence-electron chi connectivity index (χ3n) is 5.04. The summed E-state index contributed by atoms with van der Waals surface area (Å²) in [4.78, 5) is 48.8. The largest absolute Gasteiger partial charge is 0.459 e. The molecule has 0 unspecified atom stereocenters. The summed E-state index contributed by atoms with van der Waals surface area (Å²) < 4.78 is 15.7. The van der Waals surface area contributed by atoms with E-state index < -0.39 is 35.7 Å². The number of unbranched alkanes of at least 4 members (excludes halogenated alkanes) is 1. The van der Waals surface area contributed by atoms with E-state index in [0.29, 0.717) is 19.4 Å². The van der Waals surface area contributed by atoms with Crippen LogP contribution in [0.4, 0.5) is 9.59 Å². The maximum absolute atomic E-state index is 12.7. The molecule has 0 spiro atoms. The summed E-state index contributed by atoms with van der Waals surface area (Å²) in [6.07, 6.45) is 0.0842. The van der Waals surface area contributed by atoms with E-state index >= 15 is 0 Å². The van der Waals surface area contributed by atoms with Gasteiger partial charge in [0.25, 0.3) is 0 Å². The van der Waals surface area contributed by atoms with Crippen LogP contribution in [0, 0.1) is 0 Å². The molecule has 1 atom stereocenters. The van der Waals surface area contributed by atoms with Crippen molar-refractivity contribution in [1.29, 1.82) is 0 Å². The number of benzene rings is 2. The Balaban J connectivity index is 1.78. The first-order chi connectivity index (χ1) is 18.1. The van der Waals surface area contributed by atoms with Crippen molar-refractivity contribution in [2.75, 3.05) is 13.1 Å². The molecule has 2 aromatic carbocycles. The molecule has 0 saturated carbocycles. The van der Waals surface area contributed by atoms with Gasteiger partial charge in [-0.25, -0.2) is 14.4 Å². The number of carbonyl (C=O) groups excluding carboxylic acids is 4. The van der Waals surface area contributed by atoms with Crippen LogP contribution in [-0.2, 0) is 37.0 Å². The highest BCUT2D eigenvalue weighted by atomic mass is 16.6. The fourth-order valence-corrected chi connectivity index (χ4v) is 3.23. The molecule has 3 amide bonds. The molecule has 0 radical (unpaired) electrons. The lowest BCUT2D eigenvalue weighted by atomic mass is 10.1. The number of rotatable bonds is 13. The van der Waals surface area contributed by atoms with E-state index in [9.17, 15) is 19.2 Å². The number of carbonyl (C=O) groups is 4. The quantitative estimate of drug-likeness (QED) is 0.205. The summed E-state index contributed by atoms with van der Waals surface area (Å²) >= 11 is 0.